The van der Waals surface area contributed by atoms with Crippen LogP contribution in [0.4, 0.5) is 18.0 Å². The second-order valence-corrected chi connectivity index (χ2v) is 8.77. The Hall–Kier alpha value is -3.08. The fourth-order valence-corrected chi connectivity index (χ4v) is 4.59. The van der Waals surface area contributed by atoms with Crippen LogP contribution in [0.1, 0.15) is 40.8 Å². The summed E-state index contributed by atoms with van der Waals surface area (Å²) in [7, 11) is 1.62. The third-order valence-electron chi connectivity index (χ3n) is 6.38. The van der Waals surface area contributed by atoms with Crippen LogP contribution in [0.25, 0.3) is 0 Å². The Kier molecular flexibility index (Phi) is 7.11. The van der Waals surface area contributed by atoms with Crippen LogP contribution in [0, 0.1) is 0 Å². The van der Waals surface area contributed by atoms with E-state index in [-0.39, 0.29) is 30.3 Å². The Bertz CT molecular complexity index is 1010. The molecule has 2 aliphatic heterocycles. The van der Waals surface area contributed by atoms with Crippen LogP contribution < -0.4 is 5.32 Å². The number of rotatable bonds is 5. The number of nitrogens with zero attached hydrogens (tertiary/aromatic N) is 3. The van der Waals surface area contributed by atoms with Gasteiger partial charge in [0.15, 0.2) is 0 Å². The van der Waals surface area contributed by atoms with Gasteiger partial charge in [-0.25, -0.2) is 4.79 Å². The number of aromatic amines is 1. The normalized spacial score (nSPS) is 21.5. The van der Waals surface area contributed by atoms with Crippen molar-refractivity contribution >= 4 is 11.9 Å². The predicted octanol–water partition coefficient (Wildman–Crippen LogP) is 2.74. The van der Waals surface area contributed by atoms with Gasteiger partial charge in [-0.05, 0) is 30.2 Å². The number of hydrogen-bond donors (Lipinski definition) is 2. The van der Waals surface area contributed by atoms with E-state index in [0.717, 1.165) is 29.1 Å². The minimum absolute atomic E-state index is 0.00544. The van der Waals surface area contributed by atoms with Gasteiger partial charge in [0, 0.05) is 57.2 Å². The standard InChI is InChI=1S/C23H28F3N5O3/c1-34-9-6-19-11-20(29-28-19)17-10-16(15-2-4-18(5-3-15)23(24,25)26)12-31(13-17)22(33)30-8-7-27-21(32)14-30/h2-5,11,16-17H,6-10,12-14H2,1H3,(H,27,32)(H,28,29). The third kappa shape index (κ3) is 5.52. The Morgan fingerprint density at radius 1 is 1.18 bits per heavy atom. The highest BCUT2D eigenvalue weighted by Crippen LogP contribution is 2.37. The highest BCUT2D eigenvalue weighted by atomic mass is 19.4. The van der Waals surface area contributed by atoms with Crippen molar-refractivity contribution in [1.82, 2.24) is 25.3 Å². The second kappa shape index (κ2) is 10.0. The molecular formula is C23H28F3N5O3. The van der Waals surface area contributed by atoms with Crippen molar-refractivity contribution in [3.8, 4) is 0 Å². The van der Waals surface area contributed by atoms with Crippen LogP contribution in [-0.4, -0.2) is 78.4 Å². The highest BCUT2D eigenvalue weighted by molar-refractivity contribution is 5.85. The SMILES string of the molecule is COCCc1cc(C2CC(c3ccc(C(F)(F)F)cc3)CN(C(=O)N3CCNC(=O)C3)C2)n[nH]1. The van der Waals surface area contributed by atoms with Crippen molar-refractivity contribution in [2.45, 2.75) is 30.9 Å². The zero-order valence-electron chi connectivity index (χ0n) is 18.9. The molecule has 184 valence electrons. The Labute approximate surface area is 195 Å². The molecule has 11 heteroatoms. The molecule has 1 aromatic carbocycles. The molecule has 2 atom stereocenters. The summed E-state index contributed by atoms with van der Waals surface area (Å²) in [6.45, 7) is 2.13. The summed E-state index contributed by atoms with van der Waals surface area (Å²) in [6.07, 6.45) is -3.09. The van der Waals surface area contributed by atoms with Gasteiger partial charge in [-0.15, -0.1) is 0 Å². The summed E-state index contributed by atoms with van der Waals surface area (Å²) < 4.78 is 44.2. The number of hydrogen-bond acceptors (Lipinski definition) is 4. The number of halogens is 3. The van der Waals surface area contributed by atoms with Gasteiger partial charge in [-0.2, -0.15) is 18.3 Å². The first kappa shape index (κ1) is 24.1. The van der Waals surface area contributed by atoms with Crippen molar-refractivity contribution in [3.63, 3.8) is 0 Å². The second-order valence-electron chi connectivity index (χ2n) is 8.77. The molecule has 34 heavy (non-hydrogen) atoms. The third-order valence-corrected chi connectivity index (χ3v) is 6.38. The number of carbonyl (C=O) groups is 2. The number of piperidine rings is 1. The zero-order chi connectivity index (χ0) is 24.3. The number of carbonyl (C=O) groups excluding carboxylic acids is 2. The summed E-state index contributed by atoms with van der Waals surface area (Å²) in [6, 6.07) is 6.85. The molecule has 4 rings (SSSR count). The average molecular weight is 480 g/mol. The number of methoxy groups -OCH3 is 1. The number of ether oxygens (including phenoxy) is 1. The largest absolute Gasteiger partial charge is 0.416 e. The molecule has 2 aromatic rings. The van der Waals surface area contributed by atoms with Crippen LogP contribution in [0.5, 0.6) is 0 Å². The van der Waals surface area contributed by atoms with Gasteiger partial charge < -0.3 is 19.9 Å². The molecule has 2 fully saturated rings. The summed E-state index contributed by atoms with van der Waals surface area (Å²) in [5.41, 5.74) is 1.75. The maximum absolute atomic E-state index is 13.3. The van der Waals surface area contributed by atoms with Crippen molar-refractivity contribution in [3.05, 3.63) is 52.8 Å². The molecule has 2 aliphatic rings. The van der Waals surface area contributed by atoms with Gasteiger partial charge in [-0.3, -0.25) is 9.89 Å². The maximum Gasteiger partial charge on any atom is 0.416 e. The first-order valence-corrected chi connectivity index (χ1v) is 11.3. The Morgan fingerprint density at radius 3 is 2.59 bits per heavy atom. The van der Waals surface area contributed by atoms with E-state index < -0.39 is 11.7 Å². The number of alkyl halides is 3. The molecule has 0 bridgehead atoms. The van der Waals surface area contributed by atoms with Crippen LogP contribution in [0.3, 0.4) is 0 Å². The van der Waals surface area contributed by atoms with Crippen molar-refractivity contribution < 1.29 is 27.5 Å². The molecule has 0 aliphatic carbocycles. The van der Waals surface area contributed by atoms with Gasteiger partial charge in [-0.1, -0.05) is 12.1 Å². The van der Waals surface area contributed by atoms with Gasteiger partial charge in [0.1, 0.15) is 6.54 Å². The lowest BCUT2D eigenvalue weighted by molar-refractivity contribution is -0.137. The Morgan fingerprint density at radius 2 is 1.91 bits per heavy atom. The zero-order valence-corrected chi connectivity index (χ0v) is 18.9. The molecule has 2 N–H and O–H groups in total. The average Bonchev–Trinajstić information content (AvgIpc) is 3.30. The summed E-state index contributed by atoms with van der Waals surface area (Å²) in [5, 5.41) is 10.2. The minimum Gasteiger partial charge on any atom is -0.384 e. The number of urea groups is 1. The fourth-order valence-electron chi connectivity index (χ4n) is 4.59. The van der Waals surface area contributed by atoms with E-state index in [1.807, 2.05) is 6.07 Å². The molecule has 1 aromatic heterocycles. The van der Waals surface area contributed by atoms with E-state index in [4.69, 9.17) is 4.74 Å². The number of benzene rings is 1. The molecule has 0 saturated carbocycles. The molecule has 2 unspecified atom stereocenters. The number of likely N-dealkylation sites (tertiary alicyclic amines) is 1. The van der Waals surface area contributed by atoms with E-state index in [1.165, 1.54) is 17.0 Å². The van der Waals surface area contributed by atoms with Gasteiger partial charge in [0.2, 0.25) is 5.91 Å². The van der Waals surface area contributed by atoms with Crippen molar-refractivity contribution in [2.75, 3.05) is 46.4 Å². The fraction of sp³-hybridized carbons (Fsp3) is 0.522. The number of piperazine rings is 1. The topological polar surface area (TPSA) is 90.6 Å². The molecule has 0 radical (unpaired) electrons. The summed E-state index contributed by atoms with van der Waals surface area (Å²) in [5.74, 6) is -0.471. The van der Waals surface area contributed by atoms with E-state index in [2.05, 4.69) is 15.5 Å². The summed E-state index contributed by atoms with van der Waals surface area (Å²) in [4.78, 5) is 28.3. The first-order valence-electron chi connectivity index (χ1n) is 11.3. The number of amides is 3. The molecule has 0 spiro atoms. The van der Waals surface area contributed by atoms with Crippen molar-refractivity contribution in [2.24, 2.45) is 0 Å². The molecule has 3 amide bonds. The minimum atomic E-state index is -4.40. The van der Waals surface area contributed by atoms with Gasteiger partial charge in [0.25, 0.3) is 0 Å². The molecule has 3 heterocycles. The monoisotopic (exact) mass is 479 g/mol. The van der Waals surface area contributed by atoms with E-state index in [0.29, 0.717) is 45.6 Å². The van der Waals surface area contributed by atoms with E-state index in [1.54, 1.807) is 12.0 Å². The lowest BCUT2D eigenvalue weighted by atomic mass is 9.82. The number of aromatic nitrogens is 2. The van der Waals surface area contributed by atoms with Crippen LogP contribution in [-0.2, 0) is 22.1 Å². The van der Waals surface area contributed by atoms with Gasteiger partial charge in [0.05, 0.1) is 17.9 Å². The van der Waals surface area contributed by atoms with Crippen molar-refractivity contribution in [1.29, 1.82) is 0 Å². The smallest absolute Gasteiger partial charge is 0.384 e. The molecule has 8 nitrogen and oxygen atoms in total. The lowest BCUT2D eigenvalue weighted by Gasteiger charge is -2.40. The first-order chi connectivity index (χ1) is 16.2. The number of H-pyrrole nitrogens is 1. The van der Waals surface area contributed by atoms with Crippen LogP contribution in [0.15, 0.2) is 30.3 Å². The summed E-state index contributed by atoms with van der Waals surface area (Å²) >= 11 is 0. The van der Waals surface area contributed by atoms with Crippen LogP contribution in [0.2, 0.25) is 0 Å². The predicted molar refractivity (Wildman–Crippen MR) is 117 cm³/mol. The van der Waals surface area contributed by atoms with Crippen LogP contribution >= 0.6 is 0 Å². The Balaban J connectivity index is 1.57. The molecular weight excluding hydrogens is 451 g/mol. The highest BCUT2D eigenvalue weighted by Gasteiger charge is 2.36. The maximum atomic E-state index is 13.3. The van der Waals surface area contributed by atoms with Gasteiger partial charge >= 0.3 is 12.2 Å². The lowest BCUT2D eigenvalue weighted by Crippen LogP contribution is -2.56. The van der Waals surface area contributed by atoms with E-state index >= 15 is 0 Å². The quantitative estimate of drug-likeness (QED) is 0.690. The number of nitrogens with one attached hydrogen (secondary N) is 2. The van der Waals surface area contributed by atoms with E-state index in [9.17, 15) is 22.8 Å². The molecule has 2 saturated heterocycles.